The van der Waals surface area contributed by atoms with Crippen molar-refractivity contribution in [3.05, 3.63) is 90.5 Å². The maximum absolute atomic E-state index is 10.5. The Morgan fingerprint density at radius 1 is 0.923 bits per heavy atom. The highest BCUT2D eigenvalue weighted by Gasteiger charge is 2.29. The highest BCUT2D eigenvalue weighted by atomic mass is 35.5. The zero-order chi connectivity index (χ0) is 28.0. The summed E-state index contributed by atoms with van der Waals surface area (Å²) in [6.07, 6.45) is 1.71. The quantitative estimate of drug-likeness (QED) is 0.309. The summed E-state index contributed by atoms with van der Waals surface area (Å²) in [6.45, 7) is 0. The number of rotatable bonds is 5. The number of aromatic amines is 1. The molecule has 1 N–H and O–H groups in total. The van der Waals surface area contributed by atoms with Crippen molar-refractivity contribution >= 4 is 29.3 Å². The van der Waals surface area contributed by atoms with Crippen molar-refractivity contribution in [3.63, 3.8) is 0 Å². The Hall–Kier alpha value is -4.29. The van der Waals surface area contributed by atoms with Gasteiger partial charge >= 0.3 is 12.0 Å². The van der Waals surface area contributed by atoms with E-state index >= 15 is 0 Å². The molecule has 8 nitrogen and oxygen atoms in total. The molecule has 0 saturated carbocycles. The van der Waals surface area contributed by atoms with Gasteiger partial charge in [-0.2, -0.15) is 23.4 Å². The van der Waals surface area contributed by atoms with Crippen LogP contribution in [0.3, 0.4) is 0 Å². The Kier molecular flexibility index (Phi) is 8.57. The lowest BCUT2D eigenvalue weighted by atomic mass is 10.1. The van der Waals surface area contributed by atoms with E-state index < -0.39 is 12.1 Å². The molecule has 5 rings (SSSR count). The highest BCUT2D eigenvalue weighted by molar-refractivity contribution is 7.99. The molecule has 0 aliphatic rings. The second-order valence-electron chi connectivity index (χ2n) is 7.84. The number of nitrogens with zero attached hydrogens (tertiary/aromatic N) is 5. The molecular weight excluding hydrogens is 553 g/mol. The van der Waals surface area contributed by atoms with E-state index in [2.05, 4.69) is 54.0 Å². The normalized spacial score (nSPS) is 11.0. The molecular formula is C26H18ClF3N6O2S. The second-order valence-corrected chi connectivity index (χ2v) is 9.28. The van der Waals surface area contributed by atoms with Crippen LogP contribution in [0.4, 0.5) is 13.2 Å². The van der Waals surface area contributed by atoms with Crippen molar-refractivity contribution in [1.82, 2.24) is 25.1 Å². The van der Waals surface area contributed by atoms with Crippen LogP contribution in [0.15, 0.2) is 95.5 Å². The molecule has 39 heavy (non-hydrogen) atoms. The Labute approximate surface area is 229 Å². The number of carboxylic acids is 1. The number of halogens is 4. The number of carboxylic acid groups (broad SMARTS) is 1. The van der Waals surface area contributed by atoms with Crippen molar-refractivity contribution in [1.29, 1.82) is 0 Å². The third-order valence-corrected chi connectivity index (χ3v) is 6.57. The fourth-order valence-corrected chi connectivity index (χ4v) is 4.44. The molecule has 13 heteroatoms. The molecule has 0 atom stereocenters. The van der Waals surface area contributed by atoms with E-state index in [0.717, 1.165) is 44.0 Å². The largest absolute Gasteiger partial charge is 0.542 e. The van der Waals surface area contributed by atoms with E-state index in [9.17, 15) is 13.2 Å². The summed E-state index contributed by atoms with van der Waals surface area (Å²) in [5, 5.41) is 19.1. The number of aromatic nitrogens is 6. The van der Waals surface area contributed by atoms with Gasteiger partial charge in [0.2, 0.25) is 5.03 Å². The van der Waals surface area contributed by atoms with Crippen LogP contribution in [0, 0.1) is 0 Å². The molecule has 0 unspecified atom stereocenters. The zero-order valence-corrected chi connectivity index (χ0v) is 21.6. The minimum absolute atomic E-state index is 0.614. The molecule has 4 aromatic heterocycles. The first-order valence-electron chi connectivity index (χ1n) is 11.1. The molecule has 0 amide bonds. The van der Waals surface area contributed by atoms with E-state index in [1.807, 2.05) is 43.4 Å². The van der Waals surface area contributed by atoms with Crippen LogP contribution in [-0.2, 0) is 11.8 Å². The molecule has 0 aliphatic heterocycles. The average molecular weight is 571 g/mol. The molecule has 4 heterocycles. The number of imidazole rings is 1. The van der Waals surface area contributed by atoms with Gasteiger partial charge in [-0.25, -0.2) is 19.5 Å². The van der Waals surface area contributed by atoms with Gasteiger partial charge in [0.15, 0.2) is 11.4 Å². The SMILES string of the molecule is C[n+]1c(-c2ccccn2)[nH]c(-c2ccc(-c3ccnnc3)cc2)c1Sc1ccc(Cl)cn1.O=C([O-])C(F)(F)F. The third-order valence-electron chi connectivity index (χ3n) is 5.23. The number of aliphatic carboxylic acids is 1. The summed E-state index contributed by atoms with van der Waals surface area (Å²) in [7, 11) is 2.03. The maximum atomic E-state index is 10.5. The summed E-state index contributed by atoms with van der Waals surface area (Å²) in [5.74, 6) is -2.09. The lowest BCUT2D eigenvalue weighted by Gasteiger charge is -2.03. The molecule has 198 valence electrons. The maximum Gasteiger partial charge on any atom is 0.430 e. The smallest absolute Gasteiger partial charge is 0.430 e. The molecule has 1 aromatic carbocycles. The van der Waals surface area contributed by atoms with Gasteiger partial charge in [0.25, 0.3) is 0 Å². The number of nitrogens with one attached hydrogen (secondary N) is 1. The van der Waals surface area contributed by atoms with Gasteiger partial charge in [0.1, 0.15) is 11.0 Å². The van der Waals surface area contributed by atoms with Gasteiger partial charge in [0.05, 0.1) is 24.5 Å². The first-order valence-corrected chi connectivity index (χ1v) is 12.3. The topological polar surface area (TPSA) is 111 Å². The van der Waals surface area contributed by atoms with Crippen LogP contribution in [0.1, 0.15) is 0 Å². The van der Waals surface area contributed by atoms with Crippen molar-refractivity contribution in [2.24, 2.45) is 7.05 Å². The number of hydrogen-bond donors (Lipinski definition) is 1. The lowest BCUT2D eigenvalue weighted by Crippen LogP contribution is -2.37. The predicted octanol–water partition coefficient (Wildman–Crippen LogP) is 4.52. The fraction of sp³-hybridized carbons (Fsp3) is 0.0769. The van der Waals surface area contributed by atoms with Gasteiger partial charge in [0, 0.05) is 23.5 Å². The van der Waals surface area contributed by atoms with Crippen molar-refractivity contribution in [2.75, 3.05) is 0 Å². The number of hydrogen-bond acceptors (Lipinski definition) is 7. The predicted molar refractivity (Wildman–Crippen MR) is 136 cm³/mol. The van der Waals surface area contributed by atoms with Gasteiger partial charge in [-0.05, 0) is 59.8 Å². The standard InChI is InChI=1S/C24H17ClN6S.C2HF3O2/c1-31-23(20-4-2-3-12-26-20)30-22(24(31)32-21-10-9-19(25)15-27-21)17-7-5-16(6-8-17)18-11-13-28-29-14-18;3-2(4,5)1(6)7/h2-15H,1H3;(H,6,7). The Balaban J connectivity index is 0.000000448. The van der Waals surface area contributed by atoms with E-state index in [1.165, 1.54) is 0 Å². The number of pyridine rings is 2. The Morgan fingerprint density at radius 3 is 2.21 bits per heavy atom. The third kappa shape index (κ3) is 6.98. The average Bonchev–Trinajstić information content (AvgIpc) is 3.26. The van der Waals surface area contributed by atoms with Crippen molar-refractivity contribution in [2.45, 2.75) is 16.2 Å². The van der Waals surface area contributed by atoms with Gasteiger partial charge < -0.3 is 9.90 Å². The Bertz CT molecular complexity index is 1550. The number of carbonyl (C=O) groups is 1. The lowest BCUT2D eigenvalue weighted by molar-refractivity contribution is -0.695. The molecule has 0 saturated heterocycles. The van der Waals surface area contributed by atoms with E-state index in [1.54, 1.807) is 36.5 Å². The molecule has 0 aliphatic carbocycles. The number of alkyl halides is 3. The monoisotopic (exact) mass is 570 g/mol. The summed E-state index contributed by atoms with van der Waals surface area (Å²) in [6, 6.07) is 20.0. The minimum atomic E-state index is -5.19. The number of carbonyl (C=O) groups excluding carboxylic acids is 1. The Morgan fingerprint density at radius 2 is 1.64 bits per heavy atom. The highest BCUT2D eigenvalue weighted by Crippen LogP contribution is 2.35. The summed E-state index contributed by atoms with van der Waals surface area (Å²) in [5.41, 5.74) is 5.03. The number of benzene rings is 1. The fourth-order valence-electron chi connectivity index (χ4n) is 3.39. The van der Waals surface area contributed by atoms with E-state index in [4.69, 9.17) is 21.5 Å². The van der Waals surface area contributed by atoms with Crippen LogP contribution in [0.5, 0.6) is 0 Å². The van der Waals surface area contributed by atoms with Crippen LogP contribution < -0.4 is 9.67 Å². The summed E-state index contributed by atoms with van der Waals surface area (Å²) >= 11 is 7.60. The van der Waals surface area contributed by atoms with Gasteiger partial charge in [-0.15, -0.1) is 0 Å². The number of H-pyrrole nitrogens is 1. The second kappa shape index (κ2) is 12.0. The van der Waals surface area contributed by atoms with Crippen LogP contribution in [0.25, 0.3) is 33.9 Å². The molecule has 0 bridgehead atoms. The first kappa shape index (κ1) is 27.7. The van der Waals surface area contributed by atoms with E-state index in [0.29, 0.717) is 5.02 Å². The van der Waals surface area contributed by atoms with Gasteiger partial charge in [-0.3, -0.25) is 0 Å². The zero-order valence-electron chi connectivity index (χ0n) is 20.1. The van der Waals surface area contributed by atoms with Crippen molar-refractivity contribution < 1.29 is 27.6 Å². The molecule has 0 spiro atoms. The van der Waals surface area contributed by atoms with Gasteiger partial charge in [-0.1, -0.05) is 29.8 Å². The van der Waals surface area contributed by atoms with Crippen LogP contribution in [0.2, 0.25) is 5.02 Å². The molecule has 5 aromatic rings. The minimum Gasteiger partial charge on any atom is -0.542 e. The summed E-state index contributed by atoms with van der Waals surface area (Å²) < 4.78 is 33.7. The van der Waals surface area contributed by atoms with Crippen LogP contribution in [-0.4, -0.2) is 37.3 Å². The molecule has 0 radical (unpaired) electrons. The summed E-state index contributed by atoms with van der Waals surface area (Å²) in [4.78, 5) is 21.3. The van der Waals surface area contributed by atoms with Crippen molar-refractivity contribution in [3.8, 4) is 33.9 Å². The van der Waals surface area contributed by atoms with E-state index in [-0.39, 0.29) is 0 Å². The molecule has 0 fully saturated rings. The first-order chi connectivity index (χ1) is 18.6. The van der Waals surface area contributed by atoms with Crippen LogP contribution >= 0.6 is 23.4 Å².